The van der Waals surface area contributed by atoms with Gasteiger partial charge < -0.3 is 0 Å². The van der Waals surface area contributed by atoms with E-state index in [1.807, 2.05) is 0 Å². The molecule has 22 heavy (non-hydrogen) atoms. The van der Waals surface area contributed by atoms with Crippen LogP contribution in [0.1, 0.15) is 11.1 Å². The van der Waals surface area contributed by atoms with E-state index < -0.39 is 23.6 Å². The van der Waals surface area contributed by atoms with Gasteiger partial charge in [-0.1, -0.05) is 24.3 Å². The van der Waals surface area contributed by atoms with E-state index in [9.17, 15) is 19.2 Å². The summed E-state index contributed by atoms with van der Waals surface area (Å²) in [4.78, 5) is 49.6. The number of carbonyl (C=O) groups excluding carboxylic acids is 4. The number of benzene rings is 1. The standard InChI is InChI=1S/C16H12N2O4/c1-17-13(19)7-11(15(17)21)9-5-3-4-6-10(9)12-8-14(20)18(2)16(12)22/h3-8H,1-2H3. The molecule has 6 nitrogen and oxygen atoms in total. The van der Waals surface area contributed by atoms with Crippen molar-refractivity contribution < 1.29 is 19.2 Å². The summed E-state index contributed by atoms with van der Waals surface area (Å²) < 4.78 is 0. The van der Waals surface area contributed by atoms with Crippen LogP contribution in [0.3, 0.4) is 0 Å². The smallest absolute Gasteiger partial charge is 0.261 e. The van der Waals surface area contributed by atoms with Crippen molar-refractivity contribution in [2.75, 3.05) is 14.1 Å². The third kappa shape index (κ3) is 1.88. The molecule has 3 rings (SSSR count). The highest BCUT2D eigenvalue weighted by Crippen LogP contribution is 2.32. The summed E-state index contributed by atoms with van der Waals surface area (Å²) in [5.74, 6) is -1.67. The van der Waals surface area contributed by atoms with Gasteiger partial charge >= 0.3 is 0 Å². The number of likely N-dealkylation sites (N-methyl/N-ethyl adjacent to an activating group) is 2. The van der Waals surface area contributed by atoms with E-state index >= 15 is 0 Å². The zero-order valence-electron chi connectivity index (χ0n) is 12.0. The average molecular weight is 296 g/mol. The Hall–Kier alpha value is -3.02. The lowest BCUT2D eigenvalue weighted by Gasteiger charge is -2.12. The Balaban J connectivity index is 2.14. The molecule has 0 radical (unpaired) electrons. The number of hydrogen-bond acceptors (Lipinski definition) is 4. The summed E-state index contributed by atoms with van der Waals surface area (Å²) in [6.45, 7) is 0. The molecule has 0 fully saturated rings. The topological polar surface area (TPSA) is 74.8 Å². The number of hydrogen-bond donors (Lipinski definition) is 0. The zero-order valence-corrected chi connectivity index (χ0v) is 12.0. The largest absolute Gasteiger partial charge is 0.278 e. The van der Waals surface area contributed by atoms with Gasteiger partial charge in [-0.05, 0) is 11.1 Å². The minimum absolute atomic E-state index is 0.221. The second kappa shape index (κ2) is 4.77. The van der Waals surface area contributed by atoms with Gasteiger partial charge in [-0.25, -0.2) is 0 Å². The number of rotatable bonds is 2. The number of imide groups is 2. The van der Waals surface area contributed by atoms with Gasteiger partial charge in [0.1, 0.15) is 0 Å². The molecule has 0 aromatic heterocycles. The second-order valence-corrected chi connectivity index (χ2v) is 5.07. The molecule has 0 aliphatic carbocycles. The Morgan fingerprint density at radius 3 is 1.32 bits per heavy atom. The maximum absolute atomic E-state index is 12.1. The van der Waals surface area contributed by atoms with Crippen molar-refractivity contribution >= 4 is 34.8 Å². The quantitative estimate of drug-likeness (QED) is 0.743. The molecular weight excluding hydrogens is 284 g/mol. The Labute approximate surface area is 126 Å². The molecule has 0 saturated carbocycles. The third-order valence-corrected chi connectivity index (χ3v) is 3.77. The Morgan fingerprint density at radius 1 is 0.682 bits per heavy atom. The van der Waals surface area contributed by atoms with Crippen molar-refractivity contribution in [3.05, 3.63) is 47.5 Å². The van der Waals surface area contributed by atoms with Crippen LogP contribution in [-0.4, -0.2) is 47.5 Å². The summed E-state index contributed by atoms with van der Waals surface area (Å²) in [6, 6.07) is 6.73. The van der Waals surface area contributed by atoms with Crippen LogP contribution in [0.4, 0.5) is 0 Å². The molecule has 4 amide bonds. The number of amides is 4. The predicted molar refractivity (Wildman–Crippen MR) is 78.0 cm³/mol. The highest BCUT2D eigenvalue weighted by Gasteiger charge is 2.34. The van der Waals surface area contributed by atoms with Crippen molar-refractivity contribution in [3.63, 3.8) is 0 Å². The molecular formula is C16H12N2O4. The summed E-state index contributed by atoms with van der Waals surface area (Å²) in [6.07, 6.45) is 2.49. The minimum atomic E-state index is -0.428. The van der Waals surface area contributed by atoms with Gasteiger partial charge in [0.2, 0.25) is 0 Å². The number of carbonyl (C=O) groups is 4. The zero-order chi connectivity index (χ0) is 16.0. The van der Waals surface area contributed by atoms with Gasteiger partial charge in [-0.3, -0.25) is 29.0 Å². The molecule has 2 heterocycles. The van der Waals surface area contributed by atoms with Crippen molar-refractivity contribution in [1.82, 2.24) is 9.80 Å². The first-order chi connectivity index (χ1) is 10.4. The van der Waals surface area contributed by atoms with Crippen molar-refractivity contribution in [3.8, 4) is 0 Å². The molecule has 0 unspecified atom stereocenters. The van der Waals surface area contributed by atoms with E-state index in [2.05, 4.69) is 0 Å². The van der Waals surface area contributed by atoms with E-state index in [0.717, 1.165) is 9.80 Å². The van der Waals surface area contributed by atoms with Crippen LogP contribution in [0, 0.1) is 0 Å². The minimum Gasteiger partial charge on any atom is -0.278 e. The van der Waals surface area contributed by atoms with E-state index in [1.165, 1.54) is 26.2 Å². The summed E-state index contributed by atoms with van der Waals surface area (Å²) in [7, 11) is 2.79. The lowest BCUT2D eigenvalue weighted by Crippen LogP contribution is -2.26. The maximum Gasteiger partial charge on any atom is 0.261 e. The summed E-state index contributed by atoms with van der Waals surface area (Å²) in [5, 5.41) is 0. The van der Waals surface area contributed by atoms with Gasteiger partial charge in [0.05, 0.1) is 11.1 Å². The van der Waals surface area contributed by atoms with Crippen molar-refractivity contribution in [1.29, 1.82) is 0 Å². The van der Waals surface area contributed by atoms with Crippen LogP contribution in [0.5, 0.6) is 0 Å². The fourth-order valence-corrected chi connectivity index (χ4v) is 2.46. The van der Waals surface area contributed by atoms with Gasteiger partial charge in [0.15, 0.2) is 0 Å². The molecule has 0 atom stereocenters. The van der Waals surface area contributed by atoms with Gasteiger partial charge in [-0.2, -0.15) is 0 Å². The molecule has 110 valence electrons. The maximum atomic E-state index is 12.1. The molecule has 2 aliphatic heterocycles. The first-order valence-corrected chi connectivity index (χ1v) is 6.59. The third-order valence-electron chi connectivity index (χ3n) is 3.77. The van der Waals surface area contributed by atoms with Crippen molar-refractivity contribution in [2.24, 2.45) is 0 Å². The molecule has 1 aromatic rings. The highest BCUT2D eigenvalue weighted by molar-refractivity contribution is 6.37. The van der Waals surface area contributed by atoms with E-state index in [4.69, 9.17) is 0 Å². The Morgan fingerprint density at radius 2 is 1.05 bits per heavy atom. The van der Waals surface area contributed by atoms with Gasteiger partial charge in [0.25, 0.3) is 23.6 Å². The predicted octanol–water partition coefficient (Wildman–Crippen LogP) is 0.451. The van der Waals surface area contributed by atoms with E-state index in [-0.39, 0.29) is 11.1 Å². The first-order valence-electron chi connectivity index (χ1n) is 6.59. The second-order valence-electron chi connectivity index (χ2n) is 5.07. The van der Waals surface area contributed by atoms with Crippen molar-refractivity contribution in [2.45, 2.75) is 0 Å². The van der Waals surface area contributed by atoms with Crippen LogP contribution in [0.2, 0.25) is 0 Å². The van der Waals surface area contributed by atoms with Crippen LogP contribution in [0.25, 0.3) is 11.1 Å². The summed E-state index contributed by atoms with van der Waals surface area (Å²) in [5.41, 5.74) is 1.37. The fourth-order valence-electron chi connectivity index (χ4n) is 2.46. The molecule has 0 saturated heterocycles. The lowest BCUT2D eigenvalue weighted by molar-refractivity contribution is -0.136. The monoisotopic (exact) mass is 296 g/mol. The van der Waals surface area contributed by atoms with Gasteiger partial charge in [0, 0.05) is 26.2 Å². The molecule has 0 N–H and O–H groups in total. The molecule has 6 heteroatoms. The van der Waals surface area contributed by atoms with Gasteiger partial charge in [-0.15, -0.1) is 0 Å². The molecule has 2 aliphatic rings. The molecule has 0 bridgehead atoms. The number of nitrogens with zero attached hydrogens (tertiary/aromatic N) is 2. The lowest BCUT2D eigenvalue weighted by atomic mass is 9.94. The van der Waals surface area contributed by atoms with E-state index in [0.29, 0.717) is 11.1 Å². The fraction of sp³-hybridized carbons (Fsp3) is 0.125. The van der Waals surface area contributed by atoms with Crippen LogP contribution >= 0.6 is 0 Å². The normalized spacial score (nSPS) is 18.3. The highest BCUT2D eigenvalue weighted by atomic mass is 16.2. The summed E-state index contributed by atoms with van der Waals surface area (Å²) >= 11 is 0. The molecule has 0 spiro atoms. The first kappa shape index (κ1) is 13.9. The average Bonchev–Trinajstić information content (AvgIpc) is 2.92. The van der Waals surface area contributed by atoms with Crippen LogP contribution in [0.15, 0.2) is 36.4 Å². The Bertz CT molecular complexity index is 737. The van der Waals surface area contributed by atoms with E-state index in [1.54, 1.807) is 24.3 Å². The van der Waals surface area contributed by atoms with Crippen LogP contribution < -0.4 is 0 Å². The molecule has 1 aromatic carbocycles. The Kier molecular flexibility index (Phi) is 3.02. The van der Waals surface area contributed by atoms with Crippen LogP contribution in [-0.2, 0) is 19.2 Å². The SMILES string of the molecule is CN1C(=O)C=C(c2ccccc2C2=CC(=O)N(C)C2=O)C1=O.